The van der Waals surface area contributed by atoms with E-state index in [0.717, 1.165) is 0 Å². The first-order valence-corrected chi connectivity index (χ1v) is 4.49. The zero-order valence-corrected chi connectivity index (χ0v) is 7.92. The highest BCUT2D eigenvalue weighted by molar-refractivity contribution is 5.70. The number of hydrogen-bond acceptors (Lipinski definition) is 3. The molecule has 15 heavy (non-hydrogen) atoms. The van der Waals surface area contributed by atoms with Crippen LogP contribution >= 0.6 is 0 Å². The molecule has 0 spiro atoms. The van der Waals surface area contributed by atoms with Gasteiger partial charge >= 0.3 is 0 Å². The molecule has 0 aliphatic heterocycles. The van der Waals surface area contributed by atoms with Gasteiger partial charge in [-0.2, -0.15) is 0 Å². The lowest BCUT2D eigenvalue weighted by molar-refractivity contribution is 0.109. The number of aldehydes is 1. The molecule has 2 heterocycles. The van der Waals surface area contributed by atoms with E-state index in [9.17, 15) is 9.59 Å². The molecule has 4 heteroatoms. The first kappa shape index (κ1) is 9.45. The number of nitrogens with zero attached hydrogens (tertiary/aromatic N) is 1. The number of pyridine rings is 1. The molecule has 0 radical (unpaired) electrons. The minimum Gasteiger partial charge on any atom is -0.456 e. The summed E-state index contributed by atoms with van der Waals surface area (Å²) in [6, 6.07) is 8.19. The maximum Gasteiger partial charge on any atom is 0.250 e. The number of aromatic nitrogens is 1. The van der Waals surface area contributed by atoms with Crippen LogP contribution in [0.25, 0.3) is 0 Å². The first-order chi connectivity index (χ1) is 7.29. The van der Waals surface area contributed by atoms with Gasteiger partial charge in [-0.1, -0.05) is 6.07 Å². The Morgan fingerprint density at radius 2 is 2.13 bits per heavy atom. The average molecular weight is 203 g/mol. The van der Waals surface area contributed by atoms with Crippen molar-refractivity contribution in [2.75, 3.05) is 0 Å². The molecule has 76 valence electrons. The summed E-state index contributed by atoms with van der Waals surface area (Å²) in [6.45, 7) is 0.341. The number of hydrogen-bond donors (Lipinski definition) is 0. The van der Waals surface area contributed by atoms with Crippen molar-refractivity contribution in [2.45, 2.75) is 6.54 Å². The maximum absolute atomic E-state index is 11.4. The number of carbonyl (C=O) groups excluding carboxylic acids is 1. The summed E-state index contributed by atoms with van der Waals surface area (Å²) in [5, 5.41) is 0. The third kappa shape index (κ3) is 2.04. The molecule has 0 unspecified atom stereocenters. The molecule has 2 aromatic rings. The van der Waals surface area contributed by atoms with Crippen molar-refractivity contribution in [3.63, 3.8) is 0 Å². The molecule has 0 saturated carbocycles. The minimum atomic E-state index is -0.0958. The van der Waals surface area contributed by atoms with Crippen LogP contribution in [0.4, 0.5) is 0 Å². The Kier molecular flexibility index (Phi) is 2.49. The second-order valence-corrected chi connectivity index (χ2v) is 3.09. The van der Waals surface area contributed by atoms with Crippen LogP contribution in [0.3, 0.4) is 0 Å². The molecule has 0 fully saturated rings. The SMILES string of the molecule is O=Cc1ccc(Cn2ccccc2=O)o1. The van der Waals surface area contributed by atoms with Crippen molar-refractivity contribution in [3.05, 3.63) is 58.4 Å². The summed E-state index contributed by atoms with van der Waals surface area (Å²) >= 11 is 0. The van der Waals surface area contributed by atoms with Gasteiger partial charge in [0.2, 0.25) is 0 Å². The molecule has 2 aromatic heterocycles. The van der Waals surface area contributed by atoms with E-state index < -0.39 is 0 Å². The second kappa shape index (κ2) is 3.96. The first-order valence-electron chi connectivity index (χ1n) is 4.49. The van der Waals surface area contributed by atoms with E-state index in [1.165, 1.54) is 10.6 Å². The molecule has 0 N–H and O–H groups in total. The smallest absolute Gasteiger partial charge is 0.250 e. The highest BCUT2D eigenvalue weighted by Gasteiger charge is 2.02. The van der Waals surface area contributed by atoms with Gasteiger partial charge < -0.3 is 8.98 Å². The molecular formula is C11H9NO3. The van der Waals surface area contributed by atoms with Crippen LogP contribution < -0.4 is 5.56 Å². The summed E-state index contributed by atoms with van der Waals surface area (Å²) < 4.78 is 6.67. The van der Waals surface area contributed by atoms with Gasteiger partial charge in [-0.15, -0.1) is 0 Å². The molecular weight excluding hydrogens is 194 g/mol. The number of furan rings is 1. The van der Waals surface area contributed by atoms with Gasteiger partial charge in [0.1, 0.15) is 5.76 Å². The standard InChI is InChI=1S/C11H9NO3/c13-8-10-5-4-9(15-10)7-12-6-2-1-3-11(12)14/h1-6,8H,7H2. The van der Waals surface area contributed by atoms with Crippen molar-refractivity contribution < 1.29 is 9.21 Å². The van der Waals surface area contributed by atoms with E-state index in [-0.39, 0.29) is 11.3 Å². The lowest BCUT2D eigenvalue weighted by Crippen LogP contribution is -2.17. The van der Waals surface area contributed by atoms with Gasteiger partial charge in [0.25, 0.3) is 5.56 Å². The highest BCUT2D eigenvalue weighted by Crippen LogP contribution is 2.06. The summed E-state index contributed by atoms with van der Waals surface area (Å²) in [7, 11) is 0. The van der Waals surface area contributed by atoms with Crippen LogP contribution in [0.15, 0.2) is 45.7 Å². The van der Waals surface area contributed by atoms with E-state index in [4.69, 9.17) is 4.42 Å². The number of carbonyl (C=O) groups is 1. The molecule has 0 bridgehead atoms. The third-order valence-electron chi connectivity index (χ3n) is 2.02. The van der Waals surface area contributed by atoms with E-state index in [1.54, 1.807) is 30.5 Å². The summed E-state index contributed by atoms with van der Waals surface area (Å²) in [5.74, 6) is 0.861. The zero-order valence-electron chi connectivity index (χ0n) is 7.92. The fraction of sp³-hybridized carbons (Fsp3) is 0.0909. The summed E-state index contributed by atoms with van der Waals surface area (Å²) in [6.07, 6.45) is 2.31. The Hall–Kier alpha value is -2.10. The van der Waals surface area contributed by atoms with Crippen molar-refractivity contribution >= 4 is 6.29 Å². The Morgan fingerprint density at radius 1 is 1.27 bits per heavy atom. The molecule has 0 aliphatic rings. The van der Waals surface area contributed by atoms with E-state index in [2.05, 4.69) is 0 Å². The molecule has 0 aromatic carbocycles. The van der Waals surface area contributed by atoms with Crippen LogP contribution in [-0.4, -0.2) is 10.9 Å². The quantitative estimate of drug-likeness (QED) is 0.706. The van der Waals surface area contributed by atoms with Gasteiger partial charge in [0.15, 0.2) is 12.0 Å². The minimum absolute atomic E-state index is 0.0958. The van der Waals surface area contributed by atoms with E-state index in [0.29, 0.717) is 18.6 Å². The molecule has 0 amide bonds. The van der Waals surface area contributed by atoms with Crippen LogP contribution in [-0.2, 0) is 6.54 Å². The van der Waals surface area contributed by atoms with E-state index >= 15 is 0 Å². The average Bonchev–Trinajstić information content (AvgIpc) is 2.69. The van der Waals surface area contributed by atoms with Gasteiger partial charge in [0.05, 0.1) is 6.54 Å². The third-order valence-corrected chi connectivity index (χ3v) is 2.02. The van der Waals surface area contributed by atoms with Crippen LogP contribution in [0.2, 0.25) is 0 Å². The fourth-order valence-electron chi connectivity index (χ4n) is 1.30. The highest BCUT2D eigenvalue weighted by atomic mass is 16.3. The molecule has 0 aliphatic carbocycles. The lowest BCUT2D eigenvalue weighted by Gasteiger charge is -2.00. The predicted octanol–water partition coefficient (Wildman–Crippen LogP) is 1.30. The van der Waals surface area contributed by atoms with Crippen LogP contribution in [0, 0.1) is 0 Å². The second-order valence-electron chi connectivity index (χ2n) is 3.09. The largest absolute Gasteiger partial charge is 0.456 e. The van der Waals surface area contributed by atoms with Gasteiger partial charge in [-0.05, 0) is 18.2 Å². The zero-order chi connectivity index (χ0) is 10.7. The van der Waals surface area contributed by atoms with Crippen LogP contribution in [0.5, 0.6) is 0 Å². The molecule has 0 saturated heterocycles. The Morgan fingerprint density at radius 3 is 2.80 bits per heavy atom. The van der Waals surface area contributed by atoms with E-state index in [1.807, 2.05) is 0 Å². The van der Waals surface area contributed by atoms with Crippen LogP contribution in [0.1, 0.15) is 16.3 Å². The molecule has 2 rings (SSSR count). The Balaban J connectivity index is 2.25. The summed E-state index contributed by atoms with van der Waals surface area (Å²) in [5.41, 5.74) is -0.0958. The molecule has 4 nitrogen and oxygen atoms in total. The predicted molar refractivity (Wildman–Crippen MR) is 53.9 cm³/mol. The Labute approximate surface area is 85.8 Å². The van der Waals surface area contributed by atoms with Gasteiger partial charge in [-0.3, -0.25) is 9.59 Å². The monoisotopic (exact) mass is 203 g/mol. The van der Waals surface area contributed by atoms with Crippen molar-refractivity contribution in [2.24, 2.45) is 0 Å². The topological polar surface area (TPSA) is 52.2 Å². The fourth-order valence-corrected chi connectivity index (χ4v) is 1.30. The maximum atomic E-state index is 11.4. The lowest BCUT2D eigenvalue weighted by atomic mass is 10.4. The number of rotatable bonds is 3. The van der Waals surface area contributed by atoms with Crippen molar-refractivity contribution in [1.29, 1.82) is 0 Å². The van der Waals surface area contributed by atoms with Gasteiger partial charge in [0, 0.05) is 12.3 Å². The molecule has 0 atom stereocenters. The van der Waals surface area contributed by atoms with Crippen molar-refractivity contribution in [3.8, 4) is 0 Å². The Bertz CT molecular complexity index is 524. The normalized spacial score (nSPS) is 10.1. The van der Waals surface area contributed by atoms with Crippen molar-refractivity contribution in [1.82, 2.24) is 4.57 Å². The van der Waals surface area contributed by atoms with Gasteiger partial charge in [-0.25, -0.2) is 0 Å². The summed E-state index contributed by atoms with van der Waals surface area (Å²) in [4.78, 5) is 21.7.